The first-order valence-corrected chi connectivity index (χ1v) is 13.3. The van der Waals surface area contributed by atoms with Crippen LogP contribution in [0.5, 0.6) is 11.5 Å². The first-order valence-electron chi connectivity index (χ1n) is 11.7. The van der Waals surface area contributed by atoms with E-state index in [2.05, 4.69) is 16.7 Å². The summed E-state index contributed by atoms with van der Waals surface area (Å²) in [5, 5.41) is 1.87. The summed E-state index contributed by atoms with van der Waals surface area (Å²) in [7, 11) is 3.34. The number of aromatic nitrogens is 2. The zero-order valence-corrected chi connectivity index (χ0v) is 22.4. The van der Waals surface area contributed by atoms with Crippen LogP contribution in [0.3, 0.4) is 0 Å². The van der Waals surface area contributed by atoms with E-state index < -0.39 is 0 Å². The molecule has 1 saturated heterocycles. The lowest BCUT2D eigenvalue weighted by molar-refractivity contribution is -0.0359. The third kappa shape index (κ3) is 5.23. The van der Waals surface area contributed by atoms with Gasteiger partial charge in [-0.1, -0.05) is 35.0 Å². The normalized spacial score (nSPS) is 15.6. The van der Waals surface area contributed by atoms with E-state index in [-0.39, 0.29) is 6.23 Å². The Morgan fingerprint density at radius 1 is 0.861 bits per heavy atom. The van der Waals surface area contributed by atoms with Gasteiger partial charge in [-0.05, 0) is 86.0 Å². The van der Waals surface area contributed by atoms with Gasteiger partial charge in [0.1, 0.15) is 17.7 Å². The van der Waals surface area contributed by atoms with Gasteiger partial charge >= 0.3 is 0 Å². The van der Waals surface area contributed by atoms with E-state index in [1.807, 2.05) is 54.6 Å². The predicted molar refractivity (Wildman–Crippen MR) is 146 cm³/mol. The fraction of sp³-hybridized carbons (Fsp3) is 0.250. The lowest BCUT2D eigenvalue weighted by Gasteiger charge is -2.27. The lowest BCUT2D eigenvalue weighted by atomic mass is 10.0. The van der Waals surface area contributed by atoms with Gasteiger partial charge < -0.3 is 14.2 Å². The van der Waals surface area contributed by atoms with E-state index >= 15 is 0 Å². The first kappa shape index (κ1) is 25.0. The summed E-state index contributed by atoms with van der Waals surface area (Å²) in [6.07, 6.45) is 2.94. The molecular weight excluding hydrogens is 515 g/mol. The Labute approximate surface area is 225 Å². The van der Waals surface area contributed by atoms with E-state index in [9.17, 15) is 0 Å². The fourth-order valence-electron chi connectivity index (χ4n) is 4.30. The van der Waals surface area contributed by atoms with E-state index in [0.29, 0.717) is 10.0 Å². The molecule has 186 valence electrons. The number of hydrogen-bond acceptors (Lipinski definition) is 5. The summed E-state index contributed by atoms with van der Waals surface area (Å²) in [6.45, 7) is 0.722. The van der Waals surface area contributed by atoms with Gasteiger partial charge in [0.25, 0.3) is 0 Å². The quantitative estimate of drug-likeness (QED) is 0.235. The lowest BCUT2D eigenvalue weighted by Crippen LogP contribution is -2.19. The third-order valence-corrected chi connectivity index (χ3v) is 7.85. The molecule has 0 bridgehead atoms. The van der Waals surface area contributed by atoms with Crippen LogP contribution < -0.4 is 9.47 Å². The molecule has 0 amide bonds. The van der Waals surface area contributed by atoms with Crippen molar-refractivity contribution < 1.29 is 14.2 Å². The smallest absolute Gasteiger partial charge is 0.176 e. The molecule has 1 atom stereocenters. The van der Waals surface area contributed by atoms with Crippen molar-refractivity contribution in [2.24, 2.45) is 0 Å². The Kier molecular flexibility index (Phi) is 7.77. The van der Waals surface area contributed by atoms with E-state index in [4.69, 9.17) is 42.4 Å². The van der Waals surface area contributed by atoms with E-state index in [1.54, 1.807) is 26.0 Å². The highest BCUT2D eigenvalue weighted by atomic mass is 35.5. The topological polar surface area (TPSA) is 45.5 Å². The molecule has 0 radical (unpaired) electrons. The Hall–Kier alpha value is -2.64. The van der Waals surface area contributed by atoms with E-state index in [0.717, 1.165) is 69.9 Å². The van der Waals surface area contributed by atoms with Crippen LogP contribution in [0.2, 0.25) is 10.0 Å². The largest absolute Gasteiger partial charge is 0.497 e. The number of halogens is 2. The Morgan fingerprint density at radius 3 is 2.11 bits per heavy atom. The Morgan fingerprint density at radius 2 is 1.53 bits per heavy atom. The average molecular weight is 542 g/mol. The molecule has 1 aliphatic rings. The molecule has 8 heteroatoms. The molecule has 0 saturated carbocycles. The molecule has 36 heavy (non-hydrogen) atoms. The third-order valence-electron chi connectivity index (χ3n) is 6.15. The minimum absolute atomic E-state index is 0.124. The van der Waals surface area contributed by atoms with Crippen molar-refractivity contribution in [3.63, 3.8) is 0 Å². The van der Waals surface area contributed by atoms with Crippen LogP contribution in [0.25, 0.3) is 22.5 Å². The molecule has 2 heterocycles. The minimum atomic E-state index is -0.124. The molecule has 3 aromatic carbocycles. The van der Waals surface area contributed by atoms with Crippen molar-refractivity contribution in [2.45, 2.75) is 35.5 Å². The molecular formula is C28H26Cl2N2O3S. The standard InChI is InChI=1S/C28H26Cl2N2O3S/c1-33-20-10-6-18(7-11-20)26-27(19-8-12-21(34-2)13-9-19)32(25-5-3-4-16-35-25)28(31-26)36-22-14-15-23(29)24(30)17-22/h6-15,17,25H,3-5,16H2,1-2H3. The van der Waals surface area contributed by atoms with Crippen molar-refractivity contribution in [1.82, 2.24) is 9.55 Å². The van der Waals surface area contributed by atoms with Crippen LogP contribution in [0.4, 0.5) is 0 Å². The number of hydrogen-bond donors (Lipinski definition) is 0. The van der Waals surface area contributed by atoms with Crippen LogP contribution in [0.15, 0.2) is 76.8 Å². The second-order valence-corrected chi connectivity index (χ2v) is 10.3. The maximum atomic E-state index is 6.33. The van der Waals surface area contributed by atoms with Crippen LogP contribution in [-0.2, 0) is 4.74 Å². The average Bonchev–Trinajstić information content (AvgIpc) is 3.30. The van der Waals surface area contributed by atoms with Crippen molar-refractivity contribution in [1.29, 1.82) is 0 Å². The van der Waals surface area contributed by atoms with Gasteiger partial charge in [-0.25, -0.2) is 4.98 Å². The van der Waals surface area contributed by atoms with Gasteiger partial charge in [0.15, 0.2) is 5.16 Å². The first-order chi connectivity index (χ1) is 17.6. The minimum Gasteiger partial charge on any atom is -0.497 e. The summed E-state index contributed by atoms with van der Waals surface area (Å²) < 4.78 is 19.3. The maximum absolute atomic E-state index is 6.33. The van der Waals surface area contributed by atoms with Crippen molar-refractivity contribution in [3.05, 3.63) is 76.8 Å². The SMILES string of the molecule is COc1ccc(-c2nc(Sc3ccc(Cl)c(Cl)c3)n(C3CCCCO3)c2-c2ccc(OC)cc2)cc1. The van der Waals surface area contributed by atoms with Gasteiger partial charge in [-0.2, -0.15) is 0 Å². The maximum Gasteiger partial charge on any atom is 0.176 e. The molecule has 1 fully saturated rings. The highest BCUT2D eigenvalue weighted by Crippen LogP contribution is 2.43. The van der Waals surface area contributed by atoms with E-state index in [1.165, 1.54) is 0 Å². The van der Waals surface area contributed by atoms with Crippen LogP contribution in [0.1, 0.15) is 25.5 Å². The highest BCUT2D eigenvalue weighted by Gasteiger charge is 2.28. The van der Waals surface area contributed by atoms with Gasteiger partial charge in [0.2, 0.25) is 0 Å². The summed E-state index contributed by atoms with van der Waals surface area (Å²) in [5.74, 6) is 1.60. The van der Waals surface area contributed by atoms with Crippen LogP contribution >= 0.6 is 35.0 Å². The number of benzene rings is 3. The highest BCUT2D eigenvalue weighted by molar-refractivity contribution is 7.99. The van der Waals surface area contributed by atoms with Crippen molar-refractivity contribution in [2.75, 3.05) is 20.8 Å². The number of nitrogens with zero attached hydrogens (tertiary/aromatic N) is 2. The Bertz CT molecular complexity index is 1330. The van der Waals surface area contributed by atoms with Gasteiger partial charge in [-0.15, -0.1) is 0 Å². The number of rotatable bonds is 7. The molecule has 1 aromatic heterocycles. The number of ether oxygens (including phenoxy) is 3. The second kappa shape index (κ2) is 11.2. The molecule has 1 aliphatic heterocycles. The predicted octanol–water partition coefficient (Wildman–Crippen LogP) is 8.39. The monoisotopic (exact) mass is 540 g/mol. The summed E-state index contributed by atoms with van der Waals surface area (Å²) in [5.41, 5.74) is 3.90. The fourth-order valence-corrected chi connectivity index (χ4v) is 5.63. The van der Waals surface area contributed by atoms with Crippen LogP contribution in [0, 0.1) is 0 Å². The number of imidazole rings is 1. The molecule has 1 unspecified atom stereocenters. The molecule has 0 aliphatic carbocycles. The molecule has 5 rings (SSSR count). The van der Waals surface area contributed by atoms with Crippen molar-refractivity contribution >= 4 is 35.0 Å². The van der Waals surface area contributed by atoms with Crippen LogP contribution in [-0.4, -0.2) is 30.4 Å². The summed E-state index contributed by atoms with van der Waals surface area (Å²) in [4.78, 5) is 6.13. The molecule has 4 aromatic rings. The molecule has 0 N–H and O–H groups in total. The summed E-state index contributed by atoms with van der Waals surface area (Å²) in [6, 6.07) is 21.7. The van der Waals surface area contributed by atoms with Gasteiger partial charge in [-0.3, -0.25) is 4.57 Å². The summed E-state index contributed by atoms with van der Waals surface area (Å²) >= 11 is 14.1. The van der Waals surface area contributed by atoms with Gasteiger partial charge in [0, 0.05) is 22.6 Å². The second-order valence-electron chi connectivity index (χ2n) is 8.42. The molecule has 5 nitrogen and oxygen atoms in total. The number of methoxy groups -OCH3 is 2. The van der Waals surface area contributed by atoms with Crippen molar-refractivity contribution in [3.8, 4) is 34.0 Å². The van der Waals surface area contributed by atoms with Gasteiger partial charge in [0.05, 0.1) is 35.7 Å². The zero-order chi connectivity index (χ0) is 25.1. The zero-order valence-electron chi connectivity index (χ0n) is 20.0. The molecule has 0 spiro atoms. The Balaban J connectivity index is 1.70.